The molecule has 0 aliphatic rings. The van der Waals surface area contributed by atoms with Crippen molar-refractivity contribution in [2.24, 2.45) is 0 Å². The summed E-state index contributed by atoms with van der Waals surface area (Å²) in [7, 11) is -4.79. The minimum absolute atomic E-state index is 0.0569. The fourth-order valence-electron chi connectivity index (χ4n) is 4.96. The van der Waals surface area contributed by atoms with Gasteiger partial charge in [0.25, 0.3) is 0 Å². The van der Waals surface area contributed by atoms with E-state index in [1.807, 2.05) is 12.2 Å². The molecule has 11 nitrogen and oxygen atoms in total. The highest BCUT2D eigenvalue weighted by Crippen LogP contribution is 2.43. The van der Waals surface area contributed by atoms with Gasteiger partial charge < -0.3 is 25.2 Å². The molecule has 0 rings (SSSR count). The van der Waals surface area contributed by atoms with E-state index in [9.17, 15) is 34.1 Å². The molecule has 0 aliphatic carbocycles. The van der Waals surface area contributed by atoms with Gasteiger partial charge >= 0.3 is 19.8 Å². The standard InChI is InChI=1S/C48H74NO10P/c1-3-5-7-9-11-13-15-17-19-21-22-24-26-28-30-32-34-36-38-40-47(52)57-41-44(50)42-58-60(55,56)59-43-45(48(53)54)49-46(51)39-37-35-33-31-29-27-25-23-20-18-16-14-12-10-8-6-4-2/h5-8,11-14,17-20,22,24-25,27-28,30-31,33,44-45,50H,3-4,9-10,15-16,21,23,26,29,32,34-43H2,1-2H3,(H,49,51)(H,53,54)(H,55,56)/b7-5-,8-6-,13-11-,14-12-,19-17-,20-18-,24-22-,27-25-,30-28-,33-31-. The van der Waals surface area contributed by atoms with Gasteiger partial charge in [0.2, 0.25) is 5.91 Å². The molecular weight excluding hydrogens is 781 g/mol. The molecule has 336 valence electrons. The molecule has 4 N–H and O–H groups in total. The van der Waals surface area contributed by atoms with E-state index >= 15 is 0 Å². The van der Waals surface area contributed by atoms with E-state index in [4.69, 9.17) is 13.8 Å². The van der Waals surface area contributed by atoms with Crippen LogP contribution in [0.3, 0.4) is 0 Å². The van der Waals surface area contributed by atoms with Crippen LogP contribution in [0.5, 0.6) is 0 Å². The topological polar surface area (TPSA) is 169 Å². The molecule has 0 heterocycles. The van der Waals surface area contributed by atoms with Crippen molar-refractivity contribution in [2.45, 2.75) is 142 Å². The van der Waals surface area contributed by atoms with E-state index in [0.29, 0.717) is 19.3 Å². The molecule has 0 aromatic heterocycles. The molecule has 12 heteroatoms. The zero-order chi connectivity index (χ0) is 44.2. The number of hydrogen-bond acceptors (Lipinski definition) is 8. The van der Waals surface area contributed by atoms with Gasteiger partial charge in [0, 0.05) is 12.8 Å². The molecule has 0 fully saturated rings. The smallest absolute Gasteiger partial charge is 0.472 e. The first-order valence-corrected chi connectivity index (χ1v) is 23.1. The summed E-state index contributed by atoms with van der Waals surface area (Å²) in [4.78, 5) is 45.9. The highest BCUT2D eigenvalue weighted by atomic mass is 31.2. The van der Waals surface area contributed by atoms with Crippen molar-refractivity contribution in [3.05, 3.63) is 122 Å². The summed E-state index contributed by atoms with van der Waals surface area (Å²) in [6.45, 7) is 2.26. The predicted molar refractivity (Wildman–Crippen MR) is 244 cm³/mol. The van der Waals surface area contributed by atoms with Crippen LogP contribution in [0.4, 0.5) is 0 Å². The van der Waals surface area contributed by atoms with E-state index in [0.717, 1.165) is 83.5 Å². The van der Waals surface area contributed by atoms with Crippen molar-refractivity contribution in [3.63, 3.8) is 0 Å². The van der Waals surface area contributed by atoms with Crippen molar-refractivity contribution in [1.29, 1.82) is 0 Å². The summed E-state index contributed by atoms with van der Waals surface area (Å²) in [5.41, 5.74) is 0. The highest BCUT2D eigenvalue weighted by Gasteiger charge is 2.28. The maximum atomic E-state index is 12.3. The molecule has 3 atom stereocenters. The number of carbonyl (C=O) groups is 3. The SMILES string of the molecule is CC/C=C\C/C=C\C/C=C\C/C=C\C/C=C\CCCCCC(=O)OCC(O)COP(=O)(O)OCC(NC(=O)CCC/C=C\C/C=C\C/C=C\C/C=C\C/C=C\CC)C(=O)O. The van der Waals surface area contributed by atoms with Crippen molar-refractivity contribution in [2.75, 3.05) is 19.8 Å². The summed E-state index contributed by atoms with van der Waals surface area (Å²) in [6.07, 6.45) is 55.2. The number of ether oxygens (including phenoxy) is 1. The molecule has 0 spiro atoms. The number of allylic oxidation sites excluding steroid dienone is 20. The largest absolute Gasteiger partial charge is 0.480 e. The van der Waals surface area contributed by atoms with Crippen LogP contribution in [0.25, 0.3) is 0 Å². The average Bonchev–Trinajstić information content (AvgIpc) is 3.22. The Labute approximate surface area is 360 Å². The Balaban J connectivity index is 4.07. The van der Waals surface area contributed by atoms with Crippen LogP contribution in [0.1, 0.15) is 129 Å². The Morgan fingerprint density at radius 1 is 0.533 bits per heavy atom. The van der Waals surface area contributed by atoms with Crippen LogP contribution >= 0.6 is 7.82 Å². The second-order valence-electron chi connectivity index (χ2n) is 13.8. The van der Waals surface area contributed by atoms with Gasteiger partial charge in [-0.2, -0.15) is 0 Å². The van der Waals surface area contributed by atoms with E-state index < -0.39 is 57.6 Å². The number of esters is 1. The first-order chi connectivity index (χ1) is 29.1. The van der Waals surface area contributed by atoms with Crippen molar-refractivity contribution in [3.8, 4) is 0 Å². The molecule has 0 aromatic rings. The Kier molecular flexibility index (Phi) is 38.8. The fraction of sp³-hybridized carbons (Fsp3) is 0.521. The lowest BCUT2D eigenvalue weighted by Gasteiger charge is -2.18. The van der Waals surface area contributed by atoms with Crippen LogP contribution < -0.4 is 5.32 Å². The number of amides is 1. The highest BCUT2D eigenvalue weighted by molar-refractivity contribution is 7.47. The van der Waals surface area contributed by atoms with Gasteiger partial charge in [0.05, 0.1) is 13.2 Å². The molecule has 0 radical (unpaired) electrons. The van der Waals surface area contributed by atoms with Crippen LogP contribution in [0.2, 0.25) is 0 Å². The summed E-state index contributed by atoms with van der Waals surface area (Å²) in [5.74, 6) is -2.51. The lowest BCUT2D eigenvalue weighted by atomic mass is 10.1. The lowest BCUT2D eigenvalue weighted by molar-refractivity contribution is -0.147. The average molecular weight is 856 g/mol. The Hall–Kier alpha value is -4.12. The van der Waals surface area contributed by atoms with Crippen LogP contribution in [0, 0.1) is 0 Å². The normalized spacial score (nSPS) is 14.9. The van der Waals surface area contributed by atoms with Crippen LogP contribution in [-0.2, 0) is 32.7 Å². The third kappa shape index (κ3) is 40.7. The van der Waals surface area contributed by atoms with E-state index in [2.05, 4.69) is 129 Å². The lowest BCUT2D eigenvalue weighted by Crippen LogP contribution is -2.43. The number of aliphatic carboxylic acids is 1. The number of unbranched alkanes of at least 4 members (excludes halogenated alkanes) is 4. The van der Waals surface area contributed by atoms with Gasteiger partial charge in [-0.05, 0) is 96.3 Å². The first-order valence-electron chi connectivity index (χ1n) is 21.6. The quantitative estimate of drug-likeness (QED) is 0.0203. The third-order valence-electron chi connectivity index (χ3n) is 8.25. The molecule has 0 saturated heterocycles. The van der Waals surface area contributed by atoms with E-state index in [1.165, 1.54) is 0 Å². The minimum Gasteiger partial charge on any atom is -0.480 e. The van der Waals surface area contributed by atoms with Gasteiger partial charge in [0.1, 0.15) is 12.7 Å². The summed E-state index contributed by atoms with van der Waals surface area (Å²) < 4.78 is 26.8. The Morgan fingerprint density at radius 2 is 0.933 bits per heavy atom. The third-order valence-corrected chi connectivity index (χ3v) is 9.20. The molecule has 3 unspecified atom stereocenters. The number of carboxylic acid groups (broad SMARTS) is 1. The molecule has 0 aliphatic heterocycles. The number of rotatable bonds is 38. The van der Waals surface area contributed by atoms with Crippen molar-refractivity contribution in [1.82, 2.24) is 5.32 Å². The number of nitrogens with one attached hydrogen (secondary N) is 1. The Bertz CT molecular complexity index is 1470. The number of hydrogen-bond donors (Lipinski definition) is 4. The second kappa shape index (κ2) is 41.6. The number of aliphatic hydroxyl groups is 1. The number of carbonyl (C=O) groups excluding carboxylic acids is 2. The van der Waals surface area contributed by atoms with Crippen molar-refractivity contribution < 1.29 is 47.8 Å². The van der Waals surface area contributed by atoms with E-state index in [-0.39, 0.29) is 12.8 Å². The number of phosphoric acid groups is 1. The predicted octanol–water partition coefficient (Wildman–Crippen LogP) is 11.2. The van der Waals surface area contributed by atoms with Gasteiger partial charge in [0.15, 0.2) is 6.04 Å². The first kappa shape index (κ1) is 55.9. The summed E-state index contributed by atoms with van der Waals surface area (Å²) in [5, 5.41) is 21.8. The van der Waals surface area contributed by atoms with E-state index in [1.54, 1.807) is 0 Å². The zero-order valence-corrected chi connectivity index (χ0v) is 37.1. The number of carboxylic acids is 1. The fourth-order valence-corrected chi connectivity index (χ4v) is 5.74. The van der Waals surface area contributed by atoms with Gasteiger partial charge in [-0.25, -0.2) is 9.36 Å². The molecular formula is C48H74NO10P. The van der Waals surface area contributed by atoms with Gasteiger partial charge in [-0.1, -0.05) is 142 Å². The summed E-state index contributed by atoms with van der Waals surface area (Å²) >= 11 is 0. The van der Waals surface area contributed by atoms with Crippen LogP contribution in [0.15, 0.2) is 122 Å². The minimum atomic E-state index is -4.79. The monoisotopic (exact) mass is 856 g/mol. The van der Waals surface area contributed by atoms with Crippen LogP contribution in [-0.4, -0.2) is 64.9 Å². The van der Waals surface area contributed by atoms with Crippen molar-refractivity contribution >= 4 is 25.7 Å². The maximum Gasteiger partial charge on any atom is 0.472 e. The number of aliphatic hydroxyl groups excluding tert-OH is 1. The Morgan fingerprint density at radius 3 is 1.37 bits per heavy atom. The van der Waals surface area contributed by atoms with Gasteiger partial charge in [-0.3, -0.25) is 18.6 Å². The molecule has 60 heavy (non-hydrogen) atoms. The number of phosphoric ester groups is 1. The second-order valence-corrected chi connectivity index (χ2v) is 15.2. The van der Waals surface area contributed by atoms with Gasteiger partial charge in [-0.15, -0.1) is 0 Å². The molecule has 1 amide bonds. The zero-order valence-electron chi connectivity index (χ0n) is 36.2. The molecule has 0 aromatic carbocycles. The maximum absolute atomic E-state index is 12.3. The molecule has 0 bridgehead atoms. The summed E-state index contributed by atoms with van der Waals surface area (Å²) in [6, 6.07) is -1.59. The molecule has 0 saturated carbocycles.